The molecule has 0 aromatic heterocycles. The van der Waals surface area contributed by atoms with Crippen LogP contribution in [-0.4, -0.2) is 6.61 Å². The van der Waals surface area contributed by atoms with E-state index in [0.717, 1.165) is 30.6 Å². The molecule has 2 aromatic rings. The number of halogens is 1. The lowest BCUT2D eigenvalue weighted by molar-refractivity contribution is 0.304. The van der Waals surface area contributed by atoms with E-state index >= 15 is 0 Å². The van der Waals surface area contributed by atoms with Gasteiger partial charge in [-0.05, 0) is 49.1 Å². The third-order valence-corrected chi connectivity index (χ3v) is 3.58. The van der Waals surface area contributed by atoms with Gasteiger partial charge in [-0.1, -0.05) is 41.9 Å². The summed E-state index contributed by atoms with van der Waals surface area (Å²) in [6.45, 7) is 0.661. The molecule has 3 heteroatoms. The number of unbranched alkanes of at least 4 members (excludes halogenated alkanes) is 1. The number of ether oxygens (including phenoxy) is 1. The Hall–Kier alpha value is -1.98. The molecule has 0 aliphatic carbocycles. The molecule has 1 atom stereocenters. The second kappa shape index (κ2) is 8.34. The van der Waals surface area contributed by atoms with Gasteiger partial charge < -0.3 is 4.74 Å². The summed E-state index contributed by atoms with van der Waals surface area (Å²) >= 11 is 5.82. The van der Waals surface area contributed by atoms with Crippen LogP contribution in [0.2, 0.25) is 5.02 Å². The molecular weight excluding hydrogens is 282 g/mol. The van der Waals surface area contributed by atoms with Crippen LogP contribution in [0.5, 0.6) is 5.75 Å². The van der Waals surface area contributed by atoms with Crippen LogP contribution in [0.25, 0.3) is 0 Å². The zero-order chi connectivity index (χ0) is 14.9. The average Bonchev–Trinajstić information content (AvgIpc) is 2.53. The molecule has 0 aliphatic rings. The Morgan fingerprint density at radius 2 is 1.71 bits per heavy atom. The summed E-state index contributed by atoms with van der Waals surface area (Å²) in [5.74, 6) is 0.807. The van der Waals surface area contributed by atoms with Gasteiger partial charge >= 0.3 is 0 Å². The van der Waals surface area contributed by atoms with E-state index in [9.17, 15) is 5.26 Å². The predicted octanol–water partition coefficient (Wildman–Crippen LogP) is 5.20. The number of nitriles is 1. The average molecular weight is 300 g/mol. The van der Waals surface area contributed by atoms with E-state index in [-0.39, 0.29) is 5.92 Å². The Morgan fingerprint density at radius 3 is 2.38 bits per heavy atom. The molecular formula is C18H18ClNO. The van der Waals surface area contributed by atoms with E-state index in [4.69, 9.17) is 16.3 Å². The molecule has 1 unspecified atom stereocenters. The summed E-state index contributed by atoms with van der Waals surface area (Å²) in [5, 5.41) is 9.96. The first-order valence-electron chi connectivity index (χ1n) is 7.12. The lowest BCUT2D eigenvalue weighted by atomic mass is 9.95. The smallest absolute Gasteiger partial charge is 0.119 e. The summed E-state index contributed by atoms with van der Waals surface area (Å²) in [6.07, 6.45) is 2.78. The lowest BCUT2D eigenvalue weighted by Gasteiger charge is -2.10. The predicted molar refractivity (Wildman–Crippen MR) is 85.6 cm³/mol. The third kappa shape index (κ3) is 5.13. The van der Waals surface area contributed by atoms with Crippen LogP contribution in [0.1, 0.15) is 30.7 Å². The van der Waals surface area contributed by atoms with Crippen LogP contribution in [0.3, 0.4) is 0 Å². The topological polar surface area (TPSA) is 33.0 Å². The van der Waals surface area contributed by atoms with Crippen LogP contribution in [0.4, 0.5) is 0 Å². The Balaban J connectivity index is 1.69. The molecule has 0 spiro atoms. The van der Waals surface area contributed by atoms with Crippen molar-refractivity contribution < 1.29 is 4.74 Å². The van der Waals surface area contributed by atoms with E-state index in [2.05, 4.69) is 6.07 Å². The van der Waals surface area contributed by atoms with Gasteiger partial charge in [0.25, 0.3) is 0 Å². The van der Waals surface area contributed by atoms with Crippen LogP contribution in [0.15, 0.2) is 54.6 Å². The van der Waals surface area contributed by atoms with E-state index in [0.29, 0.717) is 11.6 Å². The van der Waals surface area contributed by atoms with Crippen LogP contribution < -0.4 is 4.74 Å². The first-order valence-corrected chi connectivity index (χ1v) is 7.50. The summed E-state index contributed by atoms with van der Waals surface area (Å²) in [5.41, 5.74) is 1.10. The third-order valence-electron chi connectivity index (χ3n) is 3.33. The first-order chi connectivity index (χ1) is 10.3. The molecule has 21 heavy (non-hydrogen) atoms. The Morgan fingerprint density at radius 1 is 1.00 bits per heavy atom. The summed E-state index contributed by atoms with van der Waals surface area (Å²) in [4.78, 5) is 0. The van der Waals surface area contributed by atoms with Crippen molar-refractivity contribution in [2.24, 2.45) is 0 Å². The van der Waals surface area contributed by atoms with Crippen molar-refractivity contribution in [1.82, 2.24) is 0 Å². The molecule has 0 N–H and O–H groups in total. The maximum Gasteiger partial charge on any atom is 0.119 e. The standard InChI is InChI=1S/C18H18ClNO/c19-17-9-11-18(12-10-17)21-13-5-4-8-16(14-20)15-6-2-1-3-7-15/h1-3,6-7,9-12,16H,4-5,8,13H2. The number of hydrogen-bond acceptors (Lipinski definition) is 2. The van der Waals surface area contributed by atoms with Crippen molar-refractivity contribution in [3.63, 3.8) is 0 Å². The van der Waals surface area contributed by atoms with Gasteiger partial charge in [-0.15, -0.1) is 0 Å². The van der Waals surface area contributed by atoms with E-state index in [1.165, 1.54) is 0 Å². The molecule has 0 radical (unpaired) electrons. The maximum absolute atomic E-state index is 9.25. The van der Waals surface area contributed by atoms with Crippen molar-refractivity contribution >= 4 is 11.6 Å². The molecule has 2 aromatic carbocycles. The normalized spacial score (nSPS) is 11.6. The van der Waals surface area contributed by atoms with Gasteiger partial charge in [-0.25, -0.2) is 0 Å². The largest absolute Gasteiger partial charge is 0.494 e. The Bertz CT molecular complexity index is 574. The fourth-order valence-electron chi connectivity index (χ4n) is 2.16. The highest BCUT2D eigenvalue weighted by molar-refractivity contribution is 6.30. The number of benzene rings is 2. The van der Waals surface area contributed by atoms with Gasteiger partial charge in [0.1, 0.15) is 5.75 Å². The molecule has 0 bridgehead atoms. The Labute approximate surface area is 130 Å². The molecule has 108 valence electrons. The summed E-state index contributed by atoms with van der Waals surface area (Å²) in [6, 6.07) is 19.7. The monoisotopic (exact) mass is 299 g/mol. The Kier molecular flexibility index (Phi) is 6.12. The van der Waals surface area contributed by atoms with Crippen molar-refractivity contribution in [2.75, 3.05) is 6.61 Å². The first kappa shape index (κ1) is 15.4. The highest BCUT2D eigenvalue weighted by atomic mass is 35.5. The summed E-state index contributed by atoms with van der Waals surface area (Å²) in [7, 11) is 0. The van der Waals surface area contributed by atoms with Gasteiger partial charge in [0.15, 0.2) is 0 Å². The second-order valence-corrected chi connectivity index (χ2v) is 5.33. The van der Waals surface area contributed by atoms with Gasteiger partial charge in [-0.3, -0.25) is 0 Å². The van der Waals surface area contributed by atoms with E-state index in [1.807, 2.05) is 54.6 Å². The minimum atomic E-state index is -0.0262. The molecule has 2 nitrogen and oxygen atoms in total. The van der Waals surface area contributed by atoms with Crippen molar-refractivity contribution in [2.45, 2.75) is 25.2 Å². The van der Waals surface area contributed by atoms with Gasteiger partial charge in [0, 0.05) is 5.02 Å². The fraction of sp³-hybridized carbons (Fsp3) is 0.278. The van der Waals surface area contributed by atoms with E-state index in [1.54, 1.807) is 0 Å². The molecule has 0 aliphatic heterocycles. The number of rotatable bonds is 7. The molecule has 2 rings (SSSR count). The van der Waals surface area contributed by atoms with E-state index < -0.39 is 0 Å². The van der Waals surface area contributed by atoms with Crippen molar-refractivity contribution in [1.29, 1.82) is 5.26 Å². The molecule has 0 amide bonds. The highest BCUT2D eigenvalue weighted by Gasteiger charge is 2.09. The second-order valence-electron chi connectivity index (χ2n) is 4.89. The van der Waals surface area contributed by atoms with Crippen LogP contribution >= 0.6 is 11.6 Å². The fourth-order valence-corrected chi connectivity index (χ4v) is 2.29. The molecule has 0 saturated carbocycles. The van der Waals surface area contributed by atoms with Gasteiger partial charge in [0.2, 0.25) is 0 Å². The minimum absolute atomic E-state index is 0.0262. The van der Waals surface area contributed by atoms with Gasteiger partial charge in [0.05, 0.1) is 18.6 Å². The van der Waals surface area contributed by atoms with Crippen molar-refractivity contribution in [3.05, 3.63) is 65.2 Å². The lowest BCUT2D eigenvalue weighted by Crippen LogP contribution is -2.00. The van der Waals surface area contributed by atoms with Crippen molar-refractivity contribution in [3.8, 4) is 11.8 Å². The molecule has 0 heterocycles. The molecule has 0 fully saturated rings. The maximum atomic E-state index is 9.25. The van der Waals surface area contributed by atoms with Gasteiger partial charge in [-0.2, -0.15) is 5.26 Å². The summed E-state index contributed by atoms with van der Waals surface area (Å²) < 4.78 is 5.64. The zero-order valence-electron chi connectivity index (χ0n) is 11.8. The van der Waals surface area contributed by atoms with Crippen LogP contribution in [-0.2, 0) is 0 Å². The minimum Gasteiger partial charge on any atom is -0.494 e. The zero-order valence-corrected chi connectivity index (χ0v) is 12.6. The number of hydrogen-bond donors (Lipinski definition) is 0. The van der Waals surface area contributed by atoms with Crippen LogP contribution in [0, 0.1) is 11.3 Å². The highest BCUT2D eigenvalue weighted by Crippen LogP contribution is 2.21. The molecule has 0 saturated heterocycles. The quantitative estimate of drug-likeness (QED) is 0.659. The SMILES string of the molecule is N#CC(CCCCOc1ccc(Cl)cc1)c1ccccc1. The number of nitrogens with zero attached hydrogens (tertiary/aromatic N) is 1.